The van der Waals surface area contributed by atoms with Crippen molar-refractivity contribution >= 4 is 22.6 Å². The SMILES string of the molecule is COc1ccc(CSC(=N)N)cc1[NH+]([O-])O. The van der Waals surface area contributed by atoms with Gasteiger partial charge < -0.3 is 15.7 Å². The quantitative estimate of drug-likeness (QED) is 0.344. The molecule has 0 fully saturated rings. The predicted octanol–water partition coefficient (Wildman–Crippen LogP) is 0.225. The Hall–Kier alpha value is -1.28. The molecule has 0 aromatic heterocycles. The highest BCUT2D eigenvalue weighted by Gasteiger charge is 2.10. The molecule has 88 valence electrons. The number of methoxy groups -OCH3 is 1. The number of amidine groups is 1. The summed E-state index contributed by atoms with van der Waals surface area (Å²) in [5, 5.41) is 25.9. The molecule has 0 heterocycles. The number of thioether (sulfide) groups is 1. The molecule has 1 aromatic rings. The van der Waals surface area contributed by atoms with Gasteiger partial charge in [0.1, 0.15) is 0 Å². The highest BCUT2D eigenvalue weighted by atomic mass is 32.2. The first-order chi connectivity index (χ1) is 7.54. The Balaban J connectivity index is 2.89. The van der Waals surface area contributed by atoms with Gasteiger partial charge >= 0.3 is 0 Å². The normalized spacial score (nSPS) is 12.2. The van der Waals surface area contributed by atoms with E-state index in [-0.39, 0.29) is 10.9 Å². The zero-order valence-electron chi connectivity index (χ0n) is 8.69. The third-order valence-electron chi connectivity index (χ3n) is 1.89. The fraction of sp³-hybridized carbons (Fsp3) is 0.222. The van der Waals surface area contributed by atoms with Crippen LogP contribution in [0.4, 0.5) is 5.69 Å². The maximum absolute atomic E-state index is 10.9. The van der Waals surface area contributed by atoms with Crippen molar-refractivity contribution in [3.63, 3.8) is 0 Å². The fourth-order valence-electron chi connectivity index (χ4n) is 1.17. The first kappa shape index (κ1) is 12.8. The molecular formula is C9H13N3O3S. The van der Waals surface area contributed by atoms with Crippen LogP contribution in [0.1, 0.15) is 5.56 Å². The van der Waals surface area contributed by atoms with E-state index < -0.39 is 5.23 Å². The second-order valence-electron chi connectivity index (χ2n) is 2.99. The fourth-order valence-corrected chi connectivity index (χ4v) is 1.67. The topological polar surface area (TPSA) is 107 Å². The molecule has 0 aliphatic rings. The van der Waals surface area contributed by atoms with Gasteiger partial charge in [0.05, 0.1) is 7.11 Å². The van der Waals surface area contributed by atoms with Crippen LogP contribution in [0.3, 0.4) is 0 Å². The van der Waals surface area contributed by atoms with Gasteiger partial charge in [-0.3, -0.25) is 5.41 Å². The average Bonchev–Trinajstić information content (AvgIpc) is 2.25. The Morgan fingerprint density at radius 2 is 2.38 bits per heavy atom. The standard InChI is InChI=1S/C9H13N3O3S/c1-15-8-3-2-6(5-16-9(10)11)4-7(8)12(13)14/h2-4,12-13H,5H2,1H3,(H3,10,11). The van der Waals surface area contributed by atoms with E-state index in [9.17, 15) is 5.21 Å². The molecule has 0 aliphatic carbocycles. The Morgan fingerprint density at radius 3 is 2.88 bits per heavy atom. The van der Waals surface area contributed by atoms with Gasteiger partial charge in [-0.25, -0.2) is 5.21 Å². The van der Waals surface area contributed by atoms with E-state index in [4.69, 9.17) is 21.1 Å². The first-order valence-corrected chi connectivity index (χ1v) is 5.40. The molecule has 7 heteroatoms. The summed E-state index contributed by atoms with van der Waals surface area (Å²) in [5.41, 5.74) is 6.10. The number of hydrogen-bond donors (Lipinski definition) is 4. The van der Waals surface area contributed by atoms with E-state index in [1.165, 1.54) is 13.2 Å². The van der Waals surface area contributed by atoms with Gasteiger partial charge in [-0.05, 0) is 11.6 Å². The van der Waals surface area contributed by atoms with Gasteiger partial charge in [-0.15, -0.1) is 0 Å². The van der Waals surface area contributed by atoms with Crippen molar-refractivity contribution in [1.82, 2.24) is 0 Å². The van der Waals surface area contributed by atoms with Gasteiger partial charge in [0.15, 0.2) is 10.9 Å². The number of nitrogens with two attached hydrogens (primary N) is 1. The highest BCUT2D eigenvalue weighted by molar-refractivity contribution is 8.13. The monoisotopic (exact) mass is 243 g/mol. The Labute approximate surface area is 97.0 Å². The minimum absolute atomic E-state index is 0.00712. The number of rotatable bonds is 4. The van der Waals surface area contributed by atoms with Gasteiger partial charge in [-0.2, -0.15) is 5.23 Å². The van der Waals surface area contributed by atoms with Gasteiger partial charge in [-0.1, -0.05) is 17.8 Å². The van der Waals surface area contributed by atoms with Crippen molar-refractivity contribution in [2.24, 2.45) is 5.73 Å². The Bertz CT molecular complexity index is 384. The zero-order valence-corrected chi connectivity index (χ0v) is 9.50. The van der Waals surface area contributed by atoms with E-state index in [1.807, 2.05) is 0 Å². The minimum atomic E-state index is -1.04. The zero-order chi connectivity index (χ0) is 12.1. The van der Waals surface area contributed by atoms with Crippen LogP contribution < -0.4 is 15.7 Å². The van der Waals surface area contributed by atoms with Crippen LogP contribution in [0.25, 0.3) is 0 Å². The number of nitrogens with one attached hydrogen (secondary N) is 2. The summed E-state index contributed by atoms with van der Waals surface area (Å²) in [6.07, 6.45) is 0. The summed E-state index contributed by atoms with van der Waals surface area (Å²) in [4.78, 5) is 0. The second kappa shape index (κ2) is 5.71. The van der Waals surface area contributed by atoms with E-state index in [1.54, 1.807) is 12.1 Å². The second-order valence-corrected chi connectivity index (χ2v) is 4.01. The van der Waals surface area contributed by atoms with E-state index in [0.29, 0.717) is 11.5 Å². The number of hydrogen-bond acceptors (Lipinski definition) is 5. The van der Waals surface area contributed by atoms with Crippen molar-refractivity contribution in [2.45, 2.75) is 5.75 Å². The van der Waals surface area contributed by atoms with Crippen LogP contribution in [-0.2, 0) is 5.75 Å². The molecule has 16 heavy (non-hydrogen) atoms. The summed E-state index contributed by atoms with van der Waals surface area (Å²) in [6, 6.07) is 4.87. The van der Waals surface area contributed by atoms with Crippen LogP contribution in [0.2, 0.25) is 0 Å². The molecular weight excluding hydrogens is 230 g/mol. The Morgan fingerprint density at radius 1 is 1.69 bits per heavy atom. The first-order valence-electron chi connectivity index (χ1n) is 4.41. The lowest BCUT2D eigenvalue weighted by atomic mass is 10.2. The lowest BCUT2D eigenvalue weighted by molar-refractivity contribution is -0.991. The van der Waals surface area contributed by atoms with Crippen molar-refractivity contribution < 1.29 is 15.2 Å². The largest absolute Gasteiger partial charge is 0.595 e. The molecule has 1 unspecified atom stereocenters. The van der Waals surface area contributed by atoms with Gasteiger partial charge in [0, 0.05) is 11.8 Å². The van der Waals surface area contributed by atoms with Crippen molar-refractivity contribution in [3.8, 4) is 5.75 Å². The molecule has 5 N–H and O–H groups in total. The van der Waals surface area contributed by atoms with Crippen molar-refractivity contribution in [3.05, 3.63) is 29.0 Å². The number of benzene rings is 1. The van der Waals surface area contributed by atoms with E-state index in [0.717, 1.165) is 17.3 Å². The maximum atomic E-state index is 10.9. The van der Waals surface area contributed by atoms with Crippen LogP contribution in [0.5, 0.6) is 5.75 Å². The van der Waals surface area contributed by atoms with Crippen LogP contribution >= 0.6 is 11.8 Å². The minimum Gasteiger partial charge on any atom is -0.595 e. The van der Waals surface area contributed by atoms with Crippen LogP contribution in [0.15, 0.2) is 18.2 Å². The lowest BCUT2D eigenvalue weighted by Gasteiger charge is -2.15. The van der Waals surface area contributed by atoms with Crippen LogP contribution in [0, 0.1) is 10.6 Å². The smallest absolute Gasteiger partial charge is 0.206 e. The summed E-state index contributed by atoms with van der Waals surface area (Å²) >= 11 is 1.15. The summed E-state index contributed by atoms with van der Waals surface area (Å²) in [7, 11) is 1.42. The summed E-state index contributed by atoms with van der Waals surface area (Å²) in [6.45, 7) is 0. The molecule has 6 nitrogen and oxygen atoms in total. The molecule has 0 spiro atoms. The molecule has 1 aromatic carbocycles. The van der Waals surface area contributed by atoms with Crippen molar-refractivity contribution in [2.75, 3.05) is 7.11 Å². The average molecular weight is 243 g/mol. The molecule has 0 saturated carbocycles. The predicted molar refractivity (Wildman–Crippen MR) is 62.0 cm³/mol. The molecule has 0 saturated heterocycles. The Kier molecular flexibility index (Phi) is 4.56. The molecule has 0 radical (unpaired) electrons. The lowest BCUT2D eigenvalue weighted by Crippen LogP contribution is -2.99. The third-order valence-corrected chi connectivity index (χ3v) is 2.68. The summed E-state index contributed by atoms with van der Waals surface area (Å²) in [5.74, 6) is 0.795. The van der Waals surface area contributed by atoms with Gasteiger partial charge in [0.25, 0.3) is 0 Å². The molecule has 1 atom stereocenters. The van der Waals surface area contributed by atoms with Crippen molar-refractivity contribution in [1.29, 1.82) is 5.41 Å². The molecule has 0 aliphatic heterocycles. The highest BCUT2D eigenvalue weighted by Crippen LogP contribution is 2.23. The number of quaternary nitrogens is 1. The molecule has 0 bridgehead atoms. The summed E-state index contributed by atoms with van der Waals surface area (Å²) < 4.78 is 4.93. The third kappa shape index (κ3) is 3.38. The van der Waals surface area contributed by atoms with Gasteiger partial charge in [0.2, 0.25) is 5.69 Å². The molecule has 0 amide bonds. The molecule has 1 rings (SSSR count). The number of ether oxygens (including phenoxy) is 1. The maximum Gasteiger partial charge on any atom is 0.206 e. The van der Waals surface area contributed by atoms with Crippen LogP contribution in [-0.4, -0.2) is 17.5 Å². The van der Waals surface area contributed by atoms with E-state index >= 15 is 0 Å². The van der Waals surface area contributed by atoms with E-state index in [2.05, 4.69) is 0 Å².